The van der Waals surface area contributed by atoms with Gasteiger partial charge in [0.2, 0.25) is 5.91 Å². The molecular weight excluding hydrogens is 230 g/mol. The molecule has 16 heavy (non-hydrogen) atoms. The van der Waals surface area contributed by atoms with E-state index >= 15 is 0 Å². The Morgan fingerprint density at radius 3 is 2.56 bits per heavy atom. The highest BCUT2D eigenvalue weighted by molar-refractivity contribution is 7.91. The molecule has 0 aromatic rings. The Kier molecular flexibility index (Phi) is 3.49. The zero-order valence-corrected chi connectivity index (χ0v) is 10.0. The molecule has 0 N–H and O–H groups in total. The van der Waals surface area contributed by atoms with Gasteiger partial charge in [0.1, 0.15) is 0 Å². The van der Waals surface area contributed by atoms with Crippen LogP contribution in [0.2, 0.25) is 0 Å². The maximum atomic E-state index is 11.8. The number of sulfone groups is 1. The van der Waals surface area contributed by atoms with Crippen molar-refractivity contribution in [1.29, 1.82) is 0 Å². The van der Waals surface area contributed by atoms with E-state index in [2.05, 4.69) is 0 Å². The Morgan fingerprint density at radius 2 is 2.00 bits per heavy atom. The smallest absolute Gasteiger partial charge is 0.223 e. The van der Waals surface area contributed by atoms with Crippen molar-refractivity contribution in [3.05, 3.63) is 0 Å². The minimum absolute atomic E-state index is 0.0281. The lowest BCUT2D eigenvalue weighted by atomic mass is 10.0. The van der Waals surface area contributed by atoms with Crippen LogP contribution < -0.4 is 0 Å². The summed E-state index contributed by atoms with van der Waals surface area (Å²) in [6.07, 6.45) is 1.01. The zero-order chi connectivity index (χ0) is 11.6. The third-order valence-electron chi connectivity index (χ3n) is 3.15. The third kappa shape index (κ3) is 2.95. The lowest BCUT2D eigenvalue weighted by molar-refractivity contribution is -0.136. The minimum atomic E-state index is -2.87. The molecule has 0 aromatic heterocycles. The van der Waals surface area contributed by atoms with E-state index in [4.69, 9.17) is 4.74 Å². The van der Waals surface area contributed by atoms with Crippen LogP contribution in [0.3, 0.4) is 0 Å². The number of amides is 1. The Balaban J connectivity index is 1.83. The fraction of sp³-hybridized carbons (Fsp3) is 0.900. The normalized spacial score (nSPS) is 29.2. The SMILES string of the molecule is O=C(CC1CCS(=O)(=O)C1)N1CCOCC1. The highest BCUT2D eigenvalue weighted by atomic mass is 32.2. The summed E-state index contributed by atoms with van der Waals surface area (Å²) in [4.78, 5) is 13.6. The highest BCUT2D eigenvalue weighted by Gasteiger charge is 2.30. The van der Waals surface area contributed by atoms with Gasteiger partial charge in [0, 0.05) is 19.5 Å². The number of morpholine rings is 1. The molecule has 2 fully saturated rings. The van der Waals surface area contributed by atoms with E-state index in [0.717, 1.165) is 0 Å². The van der Waals surface area contributed by atoms with Crippen LogP contribution in [0.5, 0.6) is 0 Å². The molecule has 2 heterocycles. The Labute approximate surface area is 95.7 Å². The molecule has 2 aliphatic heterocycles. The predicted octanol–water partition coefficient (Wildman–Crippen LogP) is -0.330. The first-order valence-corrected chi connectivity index (χ1v) is 7.45. The quantitative estimate of drug-likeness (QED) is 0.670. The molecular formula is C10H17NO4S. The fourth-order valence-electron chi connectivity index (χ4n) is 2.22. The topological polar surface area (TPSA) is 63.7 Å². The van der Waals surface area contributed by atoms with Gasteiger partial charge in [-0.05, 0) is 12.3 Å². The molecule has 0 saturated carbocycles. The summed E-state index contributed by atoms with van der Waals surface area (Å²) in [5, 5.41) is 0. The molecule has 0 spiro atoms. The zero-order valence-electron chi connectivity index (χ0n) is 9.22. The van der Waals surface area contributed by atoms with E-state index in [1.807, 2.05) is 0 Å². The lowest BCUT2D eigenvalue weighted by Crippen LogP contribution is -2.41. The van der Waals surface area contributed by atoms with E-state index in [-0.39, 0.29) is 23.3 Å². The first-order chi connectivity index (χ1) is 7.57. The molecule has 0 aliphatic carbocycles. The van der Waals surface area contributed by atoms with Crippen molar-refractivity contribution < 1.29 is 17.9 Å². The van der Waals surface area contributed by atoms with Crippen LogP contribution in [0.4, 0.5) is 0 Å². The van der Waals surface area contributed by atoms with Crippen molar-refractivity contribution >= 4 is 15.7 Å². The van der Waals surface area contributed by atoms with Crippen LogP contribution in [0, 0.1) is 5.92 Å². The highest BCUT2D eigenvalue weighted by Crippen LogP contribution is 2.22. The van der Waals surface area contributed by atoms with Gasteiger partial charge >= 0.3 is 0 Å². The van der Waals surface area contributed by atoms with E-state index < -0.39 is 9.84 Å². The monoisotopic (exact) mass is 247 g/mol. The van der Waals surface area contributed by atoms with Crippen molar-refractivity contribution in [3.8, 4) is 0 Å². The van der Waals surface area contributed by atoms with Gasteiger partial charge in [0.25, 0.3) is 0 Å². The van der Waals surface area contributed by atoms with Crippen LogP contribution in [-0.4, -0.2) is 57.0 Å². The number of hydrogen-bond acceptors (Lipinski definition) is 4. The molecule has 2 saturated heterocycles. The Bertz CT molecular complexity index is 359. The maximum Gasteiger partial charge on any atom is 0.223 e. The molecule has 0 aromatic carbocycles. The fourth-order valence-corrected chi connectivity index (χ4v) is 4.08. The van der Waals surface area contributed by atoms with Crippen molar-refractivity contribution in [2.24, 2.45) is 5.92 Å². The van der Waals surface area contributed by atoms with E-state index in [1.165, 1.54) is 0 Å². The van der Waals surface area contributed by atoms with Gasteiger partial charge in [-0.1, -0.05) is 0 Å². The summed E-state index contributed by atoms with van der Waals surface area (Å²) >= 11 is 0. The summed E-state index contributed by atoms with van der Waals surface area (Å²) in [7, 11) is -2.87. The number of carbonyl (C=O) groups is 1. The Morgan fingerprint density at radius 1 is 1.31 bits per heavy atom. The second-order valence-electron chi connectivity index (χ2n) is 4.47. The number of ether oxygens (including phenoxy) is 1. The summed E-state index contributed by atoms with van der Waals surface area (Å²) in [5.41, 5.74) is 0. The van der Waals surface area contributed by atoms with Gasteiger partial charge in [-0.25, -0.2) is 8.42 Å². The van der Waals surface area contributed by atoms with Gasteiger partial charge < -0.3 is 9.64 Å². The van der Waals surface area contributed by atoms with Crippen molar-refractivity contribution in [3.63, 3.8) is 0 Å². The molecule has 0 bridgehead atoms. The molecule has 1 atom stereocenters. The number of rotatable bonds is 2. The molecule has 1 unspecified atom stereocenters. The van der Waals surface area contributed by atoms with Gasteiger partial charge in [-0.2, -0.15) is 0 Å². The minimum Gasteiger partial charge on any atom is -0.378 e. The average Bonchev–Trinajstić information content (AvgIpc) is 2.59. The lowest BCUT2D eigenvalue weighted by Gasteiger charge is -2.27. The van der Waals surface area contributed by atoms with E-state index in [9.17, 15) is 13.2 Å². The van der Waals surface area contributed by atoms with Crippen LogP contribution in [0.25, 0.3) is 0 Å². The standard InChI is InChI=1S/C10H17NO4S/c12-10(11-2-4-15-5-3-11)7-9-1-6-16(13,14)8-9/h9H,1-8H2. The first kappa shape index (κ1) is 11.9. The molecule has 2 rings (SSSR count). The third-order valence-corrected chi connectivity index (χ3v) is 4.99. The van der Waals surface area contributed by atoms with Gasteiger partial charge in [-0.3, -0.25) is 4.79 Å². The van der Waals surface area contributed by atoms with E-state index in [0.29, 0.717) is 39.1 Å². The van der Waals surface area contributed by atoms with Crippen LogP contribution in [0.1, 0.15) is 12.8 Å². The number of carbonyl (C=O) groups excluding carboxylic acids is 1. The molecule has 2 aliphatic rings. The van der Waals surface area contributed by atoms with Crippen molar-refractivity contribution in [1.82, 2.24) is 4.90 Å². The summed E-state index contributed by atoms with van der Waals surface area (Å²) in [6, 6.07) is 0. The molecule has 5 nitrogen and oxygen atoms in total. The van der Waals surface area contributed by atoms with Gasteiger partial charge in [0.15, 0.2) is 9.84 Å². The van der Waals surface area contributed by atoms with Crippen LogP contribution in [0.15, 0.2) is 0 Å². The van der Waals surface area contributed by atoms with Crippen LogP contribution >= 0.6 is 0 Å². The van der Waals surface area contributed by atoms with Crippen LogP contribution in [-0.2, 0) is 19.4 Å². The van der Waals surface area contributed by atoms with E-state index in [1.54, 1.807) is 4.90 Å². The number of hydrogen-bond donors (Lipinski definition) is 0. The van der Waals surface area contributed by atoms with Crippen molar-refractivity contribution in [2.75, 3.05) is 37.8 Å². The first-order valence-electron chi connectivity index (χ1n) is 5.63. The predicted molar refractivity (Wildman–Crippen MR) is 58.8 cm³/mol. The average molecular weight is 247 g/mol. The molecule has 0 radical (unpaired) electrons. The van der Waals surface area contributed by atoms with Crippen molar-refractivity contribution in [2.45, 2.75) is 12.8 Å². The number of nitrogens with zero attached hydrogens (tertiary/aromatic N) is 1. The summed E-state index contributed by atoms with van der Waals surface area (Å²) in [5.74, 6) is 0.530. The molecule has 92 valence electrons. The molecule has 1 amide bonds. The maximum absolute atomic E-state index is 11.8. The second-order valence-corrected chi connectivity index (χ2v) is 6.70. The molecule has 6 heteroatoms. The summed E-state index contributed by atoms with van der Waals surface area (Å²) < 4.78 is 27.7. The largest absolute Gasteiger partial charge is 0.378 e. The van der Waals surface area contributed by atoms with Gasteiger partial charge in [-0.15, -0.1) is 0 Å². The summed E-state index contributed by atoms with van der Waals surface area (Å²) in [6.45, 7) is 2.46. The van der Waals surface area contributed by atoms with Gasteiger partial charge in [0.05, 0.1) is 24.7 Å². The second kappa shape index (κ2) is 4.71. The Hall–Kier alpha value is -0.620.